The van der Waals surface area contributed by atoms with E-state index in [9.17, 15) is 14.3 Å². The molecule has 0 spiro atoms. The van der Waals surface area contributed by atoms with Gasteiger partial charge >= 0.3 is 5.97 Å². The van der Waals surface area contributed by atoms with Crippen molar-refractivity contribution >= 4 is 13.8 Å². The quantitative estimate of drug-likeness (QED) is 0.0200. The van der Waals surface area contributed by atoms with E-state index in [1.165, 1.54) is 141 Å². The summed E-state index contributed by atoms with van der Waals surface area (Å²) in [5, 5.41) is 0. The van der Waals surface area contributed by atoms with Gasteiger partial charge in [-0.15, -0.1) is 0 Å². The van der Waals surface area contributed by atoms with E-state index in [0.717, 1.165) is 38.5 Å². The van der Waals surface area contributed by atoms with Crippen LogP contribution < -0.4 is 4.89 Å². The van der Waals surface area contributed by atoms with Crippen LogP contribution in [0, 0.1) is 0 Å². The Morgan fingerprint density at radius 1 is 0.574 bits per heavy atom. The highest BCUT2D eigenvalue weighted by molar-refractivity contribution is 7.45. The monoisotopic (exact) mass is 786 g/mol. The number of rotatable bonds is 42. The third-order valence-corrected chi connectivity index (χ3v) is 10.7. The molecule has 54 heavy (non-hydrogen) atoms. The molecular formula is C45H88NO7P. The van der Waals surface area contributed by atoms with Crippen LogP contribution in [-0.2, 0) is 27.9 Å². The molecule has 0 aliphatic rings. The number of carbonyl (C=O) groups excluding carboxylic acids is 1. The highest BCUT2D eigenvalue weighted by Gasteiger charge is 2.20. The summed E-state index contributed by atoms with van der Waals surface area (Å²) in [7, 11) is 1.36. The smallest absolute Gasteiger partial charge is 0.306 e. The molecule has 0 aromatic carbocycles. The standard InChI is InChI=1S/C45H88NO7P/c1-6-8-10-12-14-16-18-19-20-21-22-23-24-25-26-27-28-30-32-34-36-38-45(47)53-44(43-52-54(48,49)51-41-39-46(3,4)5)42-50-40-37-35-33-31-29-17-15-13-11-9-7-2/h18-19,21-22,44H,6-17,20,23-43H2,1-5H3/b19-18-,22-21-. The lowest BCUT2D eigenvalue weighted by Gasteiger charge is -2.28. The Morgan fingerprint density at radius 2 is 1.02 bits per heavy atom. The van der Waals surface area contributed by atoms with Gasteiger partial charge in [-0.25, -0.2) is 0 Å². The first kappa shape index (κ1) is 53.0. The van der Waals surface area contributed by atoms with Crippen molar-refractivity contribution in [1.82, 2.24) is 0 Å². The molecule has 0 N–H and O–H groups in total. The van der Waals surface area contributed by atoms with E-state index in [-0.39, 0.29) is 25.8 Å². The van der Waals surface area contributed by atoms with Crippen molar-refractivity contribution in [3.63, 3.8) is 0 Å². The van der Waals surface area contributed by atoms with Gasteiger partial charge in [-0.2, -0.15) is 0 Å². The molecule has 0 aromatic heterocycles. The molecule has 8 nitrogen and oxygen atoms in total. The summed E-state index contributed by atoms with van der Waals surface area (Å²) < 4.78 is 34.6. The van der Waals surface area contributed by atoms with Gasteiger partial charge in [-0.05, 0) is 44.9 Å². The molecule has 2 atom stereocenters. The minimum Gasteiger partial charge on any atom is -0.756 e. The molecule has 0 bridgehead atoms. The van der Waals surface area contributed by atoms with E-state index < -0.39 is 13.9 Å². The molecule has 0 heterocycles. The lowest BCUT2D eigenvalue weighted by molar-refractivity contribution is -0.870. The zero-order valence-electron chi connectivity index (χ0n) is 36.2. The van der Waals surface area contributed by atoms with E-state index in [1.807, 2.05) is 21.1 Å². The van der Waals surface area contributed by atoms with Crippen molar-refractivity contribution in [3.05, 3.63) is 24.3 Å². The highest BCUT2D eigenvalue weighted by atomic mass is 31.2. The van der Waals surface area contributed by atoms with Crippen LogP contribution in [-0.4, -0.2) is 70.7 Å². The number of allylic oxidation sites excluding steroid dienone is 4. The van der Waals surface area contributed by atoms with Crippen molar-refractivity contribution < 1.29 is 37.3 Å². The van der Waals surface area contributed by atoms with Gasteiger partial charge in [0.05, 0.1) is 34.4 Å². The van der Waals surface area contributed by atoms with Crippen molar-refractivity contribution in [3.8, 4) is 0 Å². The zero-order chi connectivity index (χ0) is 39.9. The topological polar surface area (TPSA) is 94.1 Å². The molecule has 0 saturated carbocycles. The molecule has 0 fully saturated rings. The second kappa shape index (κ2) is 38.8. The second-order valence-electron chi connectivity index (χ2n) is 16.4. The predicted octanol–water partition coefficient (Wildman–Crippen LogP) is 12.6. The Hall–Kier alpha value is -1.02. The van der Waals surface area contributed by atoms with E-state index in [4.69, 9.17) is 18.5 Å². The van der Waals surface area contributed by atoms with Crippen LogP contribution in [0.1, 0.15) is 200 Å². The summed E-state index contributed by atoms with van der Waals surface area (Å²) in [6.07, 6.45) is 43.3. The Morgan fingerprint density at radius 3 is 1.50 bits per heavy atom. The Kier molecular flexibility index (Phi) is 38.1. The number of hydrogen-bond acceptors (Lipinski definition) is 7. The average Bonchev–Trinajstić information content (AvgIpc) is 3.12. The second-order valence-corrected chi connectivity index (χ2v) is 17.8. The normalized spacial score (nSPS) is 14.0. The van der Waals surface area contributed by atoms with Gasteiger partial charge in [0.25, 0.3) is 7.82 Å². The number of quaternary nitrogens is 1. The number of phosphoric ester groups is 1. The van der Waals surface area contributed by atoms with Crippen LogP contribution in [0.25, 0.3) is 0 Å². The fraction of sp³-hybridized carbons (Fsp3) is 0.889. The molecule has 0 aromatic rings. The molecule has 320 valence electrons. The maximum Gasteiger partial charge on any atom is 0.306 e. The number of carbonyl (C=O) groups is 1. The van der Waals surface area contributed by atoms with Gasteiger partial charge in [0.15, 0.2) is 0 Å². The maximum absolute atomic E-state index is 12.7. The van der Waals surface area contributed by atoms with E-state index in [0.29, 0.717) is 24.1 Å². The number of phosphoric acid groups is 1. The number of nitrogens with zero attached hydrogens (tertiary/aromatic N) is 1. The number of unbranched alkanes of at least 4 members (excludes halogenated alkanes) is 24. The summed E-state index contributed by atoms with van der Waals surface area (Å²) in [4.78, 5) is 25.0. The number of esters is 1. The average molecular weight is 786 g/mol. The van der Waals surface area contributed by atoms with E-state index >= 15 is 0 Å². The third kappa shape index (κ3) is 42.1. The molecular weight excluding hydrogens is 697 g/mol. The lowest BCUT2D eigenvalue weighted by Crippen LogP contribution is -2.37. The van der Waals surface area contributed by atoms with E-state index in [1.54, 1.807) is 0 Å². The van der Waals surface area contributed by atoms with Gasteiger partial charge in [-0.1, -0.05) is 173 Å². The van der Waals surface area contributed by atoms with Gasteiger partial charge in [0.1, 0.15) is 19.3 Å². The summed E-state index contributed by atoms with van der Waals surface area (Å²) in [5.41, 5.74) is 0. The SMILES string of the molecule is CCCCCCC/C=C\C/C=C\CCCCCCCCCCCC(=O)OC(COCCCCCCCCCCCCC)COP(=O)([O-])OCC[N+](C)(C)C. The van der Waals surface area contributed by atoms with Crippen molar-refractivity contribution in [2.24, 2.45) is 0 Å². The summed E-state index contributed by atoms with van der Waals surface area (Å²) in [6.45, 7) is 5.42. The molecule has 0 radical (unpaired) electrons. The minimum absolute atomic E-state index is 0.0271. The number of ether oxygens (including phenoxy) is 2. The van der Waals surface area contributed by atoms with Crippen molar-refractivity contribution in [1.29, 1.82) is 0 Å². The van der Waals surface area contributed by atoms with Gasteiger partial charge in [-0.3, -0.25) is 9.36 Å². The molecule has 0 aliphatic carbocycles. The molecule has 0 amide bonds. The van der Waals surface area contributed by atoms with Crippen LogP contribution >= 0.6 is 7.82 Å². The van der Waals surface area contributed by atoms with Crippen LogP contribution in [0.2, 0.25) is 0 Å². The van der Waals surface area contributed by atoms with Crippen molar-refractivity contribution in [2.75, 3.05) is 54.1 Å². The highest BCUT2D eigenvalue weighted by Crippen LogP contribution is 2.38. The third-order valence-electron chi connectivity index (χ3n) is 9.76. The number of hydrogen-bond donors (Lipinski definition) is 0. The Bertz CT molecular complexity index is 920. The summed E-state index contributed by atoms with van der Waals surface area (Å²) in [5.74, 6) is -0.337. The zero-order valence-corrected chi connectivity index (χ0v) is 37.1. The first-order chi connectivity index (χ1) is 26.1. The molecule has 0 rings (SSSR count). The maximum atomic E-state index is 12.7. The van der Waals surface area contributed by atoms with Crippen LogP contribution in [0.5, 0.6) is 0 Å². The van der Waals surface area contributed by atoms with E-state index in [2.05, 4.69) is 38.2 Å². The number of likely N-dealkylation sites (N-methyl/N-ethyl adjacent to an activating group) is 1. The Labute approximate surface area is 334 Å². The lowest BCUT2D eigenvalue weighted by atomic mass is 10.1. The molecule has 2 unspecified atom stereocenters. The predicted molar refractivity (Wildman–Crippen MR) is 227 cm³/mol. The molecule has 9 heteroatoms. The van der Waals surface area contributed by atoms with Gasteiger partial charge in [0.2, 0.25) is 0 Å². The van der Waals surface area contributed by atoms with Gasteiger partial charge in [0, 0.05) is 13.0 Å². The summed E-state index contributed by atoms with van der Waals surface area (Å²) >= 11 is 0. The van der Waals surface area contributed by atoms with Crippen molar-refractivity contribution in [2.45, 2.75) is 206 Å². The fourth-order valence-corrected chi connectivity index (χ4v) is 6.95. The van der Waals surface area contributed by atoms with Crippen LogP contribution in [0.3, 0.4) is 0 Å². The van der Waals surface area contributed by atoms with Crippen LogP contribution in [0.4, 0.5) is 0 Å². The Balaban J connectivity index is 4.15. The van der Waals surface area contributed by atoms with Gasteiger partial charge < -0.3 is 27.9 Å². The summed E-state index contributed by atoms with van der Waals surface area (Å²) in [6, 6.07) is 0. The molecule has 0 saturated heterocycles. The minimum atomic E-state index is -4.52. The first-order valence-corrected chi connectivity index (χ1v) is 24.0. The molecule has 0 aliphatic heterocycles. The fourth-order valence-electron chi connectivity index (χ4n) is 6.22. The van der Waals surface area contributed by atoms with Crippen LogP contribution in [0.15, 0.2) is 24.3 Å². The largest absolute Gasteiger partial charge is 0.756 e. The first-order valence-electron chi connectivity index (χ1n) is 22.6.